The molecular formula is C27H32N2O4. The second kappa shape index (κ2) is 10.1. The van der Waals surface area contributed by atoms with Crippen LogP contribution in [-0.2, 0) is 9.59 Å². The number of amides is 2. The Kier molecular flexibility index (Phi) is 7.02. The highest BCUT2D eigenvalue weighted by Gasteiger charge is 2.56. The molecular weight excluding hydrogens is 416 g/mol. The number of rotatable bonds is 8. The van der Waals surface area contributed by atoms with Crippen LogP contribution < -0.4 is 19.7 Å². The molecule has 1 aliphatic heterocycles. The van der Waals surface area contributed by atoms with Gasteiger partial charge in [0.2, 0.25) is 5.91 Å². The van der Waals surface area contributed by atoms with Crippen molar-refractivity contribution in [3.8, 4) is 11.5 Å². The molecule has 2 aromatic carbocycles. The molecule has 0 bridgehead atoms. The van der Waals surface area contributed by atoms with Gasteiger partial charge in [0.25, 0.3) is 5.91 Å². The van der Waals surface area contributed by atoms with E-state index < -0.39 is 5.54 Å². The minimum atomic E-state index is -1.08. The zero-order valence-corrected chi connectivity index (χ0v) is 19.4. The van der Waals surface area contributed by atoms with E-state index in [2.05, 4.69) is 5.32 Å². The highest BCUT2D eigenvalue weighted by Crippen LogP contribution is 2.40. The third kappa shape index (κ3) is 4.75. The average Bonchev–Trinajstić information content (AvgIpc) is 2.83. The van der Waals surface area contributed by atoms with Gasteiger partial charge in [-0.3, -0.25) is 14.5 Å². The van der Waals surface area contributed by atoms with Gasteiger partial charge < -0.3 is 14.8 Å². The number of carbonyl (C=O) groups is 2. The average molecular weight is 449 g/mol. The van der Waals surface area contributed by atoms with Crippen LogP contribution >= 0.6 is 0 Å². The zero-order valence-electron chi connectivity index (χ0n) is 19.4. The number of benzene rings is 2. The van der Waals surface area contributed by atoms with Gasteiger partial charge in [0, 0.05) is 17.3 Å². The second-order valence-corrected chi connectivity index (χ2v) is 8.64. The summed E-state index contributed by atoms with van der Waals surface area (Å²) in [5.41, 5.74) is 0.455. The Morgan fingerprint density at radius 3 is 2.52 bits per heavy atom. The molecule has 2 aliphatic rings. The van der Waals surface area contributed by atoms with Gasteiger partial charge in [-0.2, -0.15) is 0 Å². The van der Waals surface area contributed by atoms with E-state index in [0.717, 1.165) is 42.7 Å². The standard InChI is InChI=1S/C27H32N2O4/c1-3-33-23-15-13-22(14-16-23)29-25(30)19-27(29,26(31)28-21-10-5-4-6-11-21)18-17-20-9-7-8-12-24(20)32-2/h7-9,12-18,21H,3-6,10-11,19H2,1-2H3,(H,28,31)/b18-17+. The summed E-state index contributed by atoms with van der Waals surface area (Å²) >= 11 is 0. The lowest BCUT2D eigenvalue weighted by Gasteiger charge is -2.49. The molecule has 33 heavy (non-hydrogen) atoms. The van der Waals surface area contributed by atoms with E-state index in [9.17, 15) is 9.59 Å². The molecule has 174 valence electrons. The van der Waals surface area contributed by atoms with E-state index in [1.807, 2.05) is 67.6 Å². The summed E-state index contributed by atoms with van der Waals surface area (Å²) in [6.45, 7) is 2.49. The van der Waals surface area contributed by atoms with Crippen molar-refractivity contribution >= 4 is 23.6 Å². The number of hydrogen-bond acceptors (Lipinski definition) is 4. The molecule has 0 spiro atoms. The molecule has 6 nitrogen and oxygen atoms in total. The van der Waals surface area contributed by atoms with Gasteiger partial charge in [-0.1, -0.05) is 43.5 Å². The first-order valence-corrected chi connectivity index (χ1v) is 11.8. The van der Waals surface area contributed by atoms with Crippen LogP contribution in [0.25, 0.3) is 6.08 Å². The largest absolute Gasteiger partial charge is 0.496 e. The third-order valence-electron chi connectivity index (χ3n) is 6.49. The van der Waals surface area contributed by atoms with Crippen LogP contribution in [0.3, 0.4) is 0 Å². The molecule has 1 heterocycles. The minimum absolute atomic E-state index is 0.0809. The highest BCUT2D eigenvalue weighted by molar-refractivity contribution is 6.15. The molecule has 0 aromatic heterocycles. The Morgan fingerprint density at radius 2 is 1.85 bits per heavy atom. The fourth-order valence-electron chi connectivity index (χ4n) is 4.73. The number of methoxy groups -OCH3 is 1. The van der Waals surface area contributed by atoms with E-state index >= 15 is 0 Å². The van der Waals surface area contributed by atoms with Crippen molar-refractivity contribution in [3.63, 3.8) is 0 Å². The maximum Gasteiger partial charge on any atom is 0.251 e. The van der Waals surface area contributed by atoms with Gasteiger partial charge in [-0.05, 0) is 56.2 Å². The zero-order chi connectivity index (χ0) is 23.3. The van der Waals surface area contributed by atoms with E-state index in [0.29, 0.717) is 12.3 Å². The van der Waals surface area contributed by atoms with Crippen molar-refractivity contribution in [2.24, 2.45) is 0 Å². The molecule has 4 rings (SSSR count). The van der Waals surface area contributed by atoms with E-state index in [1.165, 1.54) is 6.42 Å². The minimum Gasteiger partial charge on any atom is -0.496 e. The maximum atomic E-state index is 13.7. The lowest BCUT2D eigenvalue weighted by molar-refractivity contribution is -0.137. The van der Waals surface area contributed by atoms with Crippen LogP contribution in [0.15, 0.2) is 54.6 Å². The first-order valence-electron chi connectivity index (χ1n) is 11.8. The van der Waals surface area contributed by atoms with Crippen LogP contribution in [-0.4, -0.2) is 37.1 Å². The number of nitrogens with one attached hydrogen (secondary N) is 1. The Labute approximate surface area is 195 Å². The molecule has 1 aliphatic carbocycles. The Bertz CT molecular complexity index is 1010. The number of hydrogen-bond donors (Lipinski definition) is 1. The Hall–Kier alpha value is -3.28. The summed E-state index contributed by atoms with van der Waals surface area (Å²) in [7, 11) is 1.62. The number of anilines is 1. The Morgan fingerprint density at radius 1 is 1.12 bits per heavy atom. The van der Waals surface area contributed by atoms with E-state index in [4.69, 9.17) is 9.47 Å². The molecule has 6 heteroatoms. The number of β-lactam (4-membered cyclic amide) rings is 1. The predicted molar refractivity (Wildman–Crippen MR) is 129 cm³/mol. The first kappa shape index (κ1) is 22.9. The highest BCUT2D eigenvalue weighted by atomic mass is 16.5. The topological polar surface area (TPSA) is 67.9 Å². The monoisotopic (exact) mass is 448 g/mol. The van der Waals surface area contributed by atoms with Crippen LogP contribution in [0, 0.1) is 0 Å². The van der Waals surface area contributed by atoms with Crippen molar-refractivity contribution < 1.29 is 19.1 Å². The van der Waals surface area contributed by atoms with Gasteiger partial charge >= 0.3 is 0 Å². The van der Waals surface area contributed by atoms with Crippen LogP contribution in [0.4, 0.5) is 5.69 Å². The van der Waals surface area contributed by atoms with Crippen LogP contribution in [0.1, 0.15) is 51.0 Å². The molecule has 1 N–H and O–H groups in total. The first-order chi connectivity index (χ1) is 16.1. The number of carbonyl (C=O) groups excluding carboxylic acids is 2. The summed E-state index contributed by atoms with van der Waals surface area (Å²) in [4.78, 5) is 28.1. The Balaban J connectivity index is 1.67. The normalized spacial score (nSPS) is 21.0. The van der Waals surface area contributed by atoms with Gasteiger partial charge in [0.1, 0.15) is 11.5 Å². The van der Waals surface area contributed by atoms with Gasteiger partial charge in [-0.15, -0.1) is 0 Å². The van der Waals surface area contributed by atoms with Gasteiger partial charge in [0.05, 0.1) is 20.1 Å². The molecule has 2 aromatic rings. The smallest absolute Gasteiger partial charge is 0.251 e. The summed E-state index contributed by atoms with van der Waals surface area (Å²) in [6, 6.07) is 15.1. The molecule has 1 saturated carbocycles. The summed E-state index contributed by atoms with van der Waals surface area (Å²) in [5, 5.41) is 3.24. The molecule has 1 unspecified atom stereocenters. The third-order valence-corrected chi connectivity index (χ3v) is 6.49. The SMILES string of the molecule is CCOc1ccc(N2C(=O)CC2(/C=C/c2ccccc2OC)C(=O)NC2CCCCC2)cc1. The number of ether oxygens (including phenoxy) is 2. The molecule has 1 saturated heterocycles. The van der Waals surface area contributed by atoms with Crippen molar-refractivity contribution in [2.45, 2.75) is 57.0 Å². The number of para-hydroxylation sites is 1. The molecule has 0 radical (unpaired) electrons. The lowest BCUT2D eigenvalue weighted by atomic mass is 9.80. The van der Waals surface area contributed by atoms with Gasteiger partial charge in [-0.25, -0.2) is 0 Å². The quantitative estimate of drug-likeness (QED) is 0.593. The number of nitrogens with zero attached hydrogens (tertiary/aromatic N) is 1. The van der Waals surface area contributed by atoms with Crippen molar-refractivity contribution in [1.29, 1.82) is 0 Å². The molecule has 2 fully saturated rings. The van der Waals surface area contributed by atoms with Crippen molar-refractivity contribution in [1.82, 2.24) is 5.32 Å². The van der Waals surface area contributed by atoms with Crippen LogP contribution in [0.2, 0.25) is 0 Å². The fourth-order valence-corrected chi connectivity index (χ4v) is 4.73. The lowest BCUT2D eigenvalue weighted by Crippen LogP contribution is -2.70. The van der Waals surface area contributed by atoms with Crippen LogP contribution in [0.5, 0.6) is 11.5 Å². The van der Waals surface area contributed by atoms with Gasteiger partial charge in [0.15, 0.2) is 5.54 Å². The van der Waals surface area contributed by atoms with Crippen molar-refractivity contribution in [2.75, 3.05) is 18.6 Å². The second-order valence-electron chi connectivity index (χ2n) is 8.64. The van der Waals surface area contributed by atoms with Crippen molar-refractivity contribution in [3.05, 3.63) is 60.2 Å². The molecule has 2 amide bonds. The van der Waals surface area contributed by atoms with E-state index in [1.54, 1.807) is 12.0 Å². The van der Waals surface area contributed by atoms with E-state index in [-0.39, 0.29) is 24.3 Å². The fraction of sp³-hybridized carbons (Fsp3) is 0.407. The molecule has 1 atom stereocenters. The summed E-state index contributed by atoms with van der Waals surface area (Å²) < 4.78 is 11.0. The summed E-state index contributed by atoms with van der Waals surface area (Å²) in [5.74, 6) is 1.24. The predicted octanol–water partition coefficient (Wildman–Crippen LogP) is 4.73. The summed E-state index contributed by atoms with van der Waals surface area (Å²) in [6.07, 6.45) is 9.28. The maximum absolute atomic E-state index is 13.7.